The van der Waals surface area contributed by atoms with Gasteiger partial charge < -0.3 is 20.1 Å². The maximum atomic E-state index is 13.3. The van der Waals surface area contributed by atoms with Crippen LogP contribution in [0.3, 0.4) is 0 Å². The van der Waals surface area contributed by atoms with Gasteiger partial charge in [-0.3, -0.25) is 9.58 Å². The number of thiophene rings is 1. The number of aromatic nitrogens is 2. The lowest BCUT2D eigenvalue weighted by Gasteiger charge is -2.47. The Labute approximate surface area is 194 Å². The largest absolute Gasteiger partial charge is 0.425 e. The summed E-state index contributed by atoms with van der Waals surface area (Å²) in [4.78, 5) is 2.02. The molecule has 33 heavy (non-hydrogen) atoms. The lowest BCUT2D eigenvalue weighted by molar-refractivity contribution is -0.139. The molecule has 0 amide bonds. The van der Waals surface area contributed by atoms with Crippen molar-refractivity contribution in [2.45, 2.75) is 82.3 Å². The van der Waals surface area contributed by atoms with Crippen molar-refractivity contribution in [3.8, 4) is 0 Å². The number of piperidine rings is 1. The zero-order valence-electron chi connectivity index (χ0n) is 18.8. The van der Waals surface area contributed by atoms with Gasteiger partial charge in [0.15, 0.2) is 0 Å². The Balaban J connectivity index is 1.46. The summed E-state index contributed by atoms with van der Waals surface area (Å²) in [5.74, 6) is 0. The fraction of sp³-hybridized carbons (Fsp3) is 0.682. The molecule has 2 aromatic heterocycles. The van der Waals surface area contributed by atoms with Crippen LogP contribution in [0.15, 0.2) is 18.5 Å². The molecule has 0 aliphatic carbocycles. The first-order valence-corrected chi connectivity index (χ1v) is 11.8. The number of rotatable bonds is 5. The number of aliphatic hydroxyl groups excluding tert-OH is 2. The molecule has 4 heterocycles. The topological polar surface area (TPSA) is 91.0 Å². The fourth-order valence-electron chi connectivity index (χ4n) is 4.59. The van der Waals surface area contributed by atoms with Gasteiger partial charge in [0.25, 0.3) is 0 Å². The van der Waals surface area contributed by atoms with Crippen LogP contribution in [-0.2, 0) is 29.6 Å². The van der Waals surface area contributed by atoms with Crippen LogP contribution in [-0.4, -0.2) is 60.9 Å². The quantitative estimate of drug-likeness (QED) is 0.598. The third kappa shape index (κ3) is 4.98. The van der Waals surface area contributed by atoms with Crippen molar-refractivity contribution >= 4 is 11.3 Å². The van der Waals surface area contributed by atoms with Crippen LogP contribution in [0.25, 0.3) is 0 Å². The normalized spacial score (nSPS) is 27.7. The van der Waals surface area contributed by atoms with Gasteiger partial charge in [0.2, 0.25) is 0 Å². The van der Waals surface area contributed by atoms with Gasteiger partial charge in [0, 0.05) is 41.3 Å². The predicted octanol–water partition coefficient (Wildman–Crippen LogP) is 3.04. The number of alkyl halides is 3. The molecule has 184 valence electrons. The van der Waals surface area contributed by atoms with Crippen molar-refractivity contribution in [1.29, 1.82) is 0 Å². The van der Waals surface area contributed by atoms with E-state index in [1.165, 1.54) is 13.8 Å². The highest BCUT2D eigenvalue weighted by Gasteiger charge is 2.48. The molecule has 0 radical (unpaired) electrons. The Bertz CT molecular complexity index is 986. The van der Waals surface area contributed by atoms with Crippen molar-refractivity contribution in [2.24, 2.45) is 0 Å². The number of likely N-dealkylation sites (tertiary alicyclic amines) is 1. The van der Waals surface area contributed by atoms with Gasteiger partial charge in [-0.15, -0.1) is 11.3 Å². The molecule has 0 bridgehead atoms. The van der Waals surface area contributed by atoms with Gasteiger partial charge in [-0.2, -0.15) is 18.3 Å². The average Bonchev–Trinajstić information content (AvgIpc) is 3.34. The van der Waals surface area contributed by atoms with E-state index in [9.17, 15) is 28.5 Å². The molecular weight excluding hydrogens is 459 g/mol. The molecular formula is C22H30F3N3O4S. The minimum absolute atomic E-state index is 0.00987. The minimum Gasteiger partial charge on any atom is -0.388 e. The summed E-state index contributed by atoms with van der Waals surface area (Å²) in [6, 6.07) is 1.10. The standard InChI is InChI=1S/C22H30F3N3O4S/c1-13-7-21(19-15(16(29)12-32-21)6-18(33-19)22(23,24)25)4-5-27(13)9-14-8-26-28(10-14)11-17(30)20(2,3)31/h6,8,10,13,16-17,29-31H,4-5,7,9,11-12H2,1-3H3/t13-,16+,17?,21+/m0/s1. The Hall–Kier alpha value is -1.50. The van der Waals surface area contributed by atoms with Gasteiger partial charge in [0.05, 0.1) is 24.9 Å². The third-order valence-electron chi connectivity index (χ3n) is 6.63. The van der Waals surface area contributed by atoms with Crippen LogP contribution >= 0.6 is 11.3 Å². The third-order valence-corrected chi connectivity index (χ3v) is 8.01. The molecule has 0 aromatic carbocycles. The molecule has 4 rings (SSSR count). The molecule has 2 aliphatic heterocycles. The second kappa shape index (κ2) is 8.62. The van der Waals surface area contributed by atoms with Gasteiger partial charge in [-0.1, -0.05) is 0 Å². The predicted molar refractivity (Wildman–Crippen MR) is 116 cm³/mol. The second-order valence-electron chi connectivity index (χ2n) is 9.73. The summed E-state index contributed by atoms with van der Waals surface area (Å²) < 4.78 is 47.6. The number of aliphatic hydroxyl groups is 3. The van der Waals surface area contributed by atoms with E-state index in [1.54, 1.807) is 10.9 Å². The van der Waals surface area contributed by atoms with E-state index in [2.05, 4.69) is 10.00 Å². The number of ether oxygens (including phenoxy) is 1. The van der Waals surface area contributed by atoms with Crippen LogP contribution in [0, 0.1) is 0 Å². The van der Waals surface area contributed by atoms with Gasteiger partial charge in [0.1, 0.15) is 22.7 Å². The van der Waals surface area contributed by atoms with E-state index in [0.717, 1.165) is 11.6 Å². The number of fused-ring (bicyclic) bond motifs is 2. The monoisotopic (exact) mass is 489 g/mol. The molecule has 7 nitrogen and oxygen atoms in total. The van der Waals surface area contributed by atoms with Crippen molar-refractivity contribution in [1.82, 2.24) is 14.7 Å². The molecule has 1 saturated heterocycles. The van der Waals surface area contributed by atoms with E-state index in [0.29, 0.717) is 47.7 Å². The maximum Gasteiger partial charge on any atom is 0.425 e. The highest BCUT2D eigenvalue weighted by Crippen LogP contribution is 2.51. The molecule has 2 aromatic rings. The van der Waals surface area contributed by atoms with Gasteiger partial charge in [-0.25, -0.2) is 0 Å². The molecule has 3 N–H and O–H groups in total. The van der Waals surface area contributed by atoms with E-state index in [4.69, 9.17) is 4.74 Å². The summed E-state index contributed by atoms with van der Waals surface area (Å²) in [5, 5.41) is 34.5. The van der Waals surface area contributed by atoms with Crippen molar-refractivity contribution in [3.05, 3.63) is 39.3 Å². The van der Waals surface area contributed by atoms with Crippen LogP contribution in [0.1, 0.15) is 60.6 Å². The summed E-state index contributed by atoms with van der Waals surface area (Å²) in [5.41, 5.74) is -0.774. The zero-order valence-corrected chi connectivity index (χ0v) is 19.7. The molecule has 0 saturated carbocycles. The highest BCUT2D eigenvalue weighted by atomic mass is 32.1. The summed E-state index contributed by atoms with van der Waals surface area (Å²) in [6.45, 7) is 6.48. The smallest absolute Gasteiger partial charge is 0.388 e. The highest BCUT2D eigenvalue weighted by molar-refractivity contribution is 7.12. The van der Waals surface area contributed by atoms with Gasteiger partial charge >= 0.3 is 6.18 Å². The summed E-state index contributed by atoms with van der Waals surface area (Å²) in [6.07, 6.45) is -1.86. The van der Waals surface area contributed by atoms with Crippen LogP contribution in [0.4, 0.5) is 13.2 Å². The fourth-order valence-corrected chi connectivity index (χ4v) is 5.85. The SMILES string of the molecule is C[C@H]1C[C@@]2(CCN1Cc1cnn(CC(O)C(C)(C)O)c1)OC[C@@H](O)c1cc(C(F)(F)F)sc12. The maximum absolute atomic E-state index is 13.3. The first-order valence-electron chi connectivity index (χ1n) is 11.0. The summed E-state index contributed by atoms with van der Waals surface area (Å²) in [7, 11) is 0. The van der Waals surface area contributed by atoms with Crippen molar-refractivity contribution < 1.29 is 33.2 Å². The number of nitrogens with zero attached hydrogens (tertiary/aromatic N) is 3. The number of halogens is 3. The second-order valence-corrected chi connectivity index (χ2v) is 10.8. The lowest BCUT2D eigenvalue weighted by Crippen LogP contribution is -2.50. The Morgan fingerprint density at radius 2 is 2.09 bits per heavy atom. The van der Waals surface area contributed by atoms with E-state index in [-0.39, 0.29) is 19.2 Å². The molecule has 11 heteroatoms. The number of hydrogen-bond donors (Lipinski definition) is 3. The Morgan fingerprint density at radius 1 is 1.36 bits per heavy atom. The minimum atomic E-state index is -4.45. The molecule has 1 fully saturated rings. The van der Waals surface area contributed by atoms with E-state index < -0.39 is 34.5 Å². The first-order chi connectivity index (χ1) is 15.3. The van der Waals surface area contributed by atoms with E-state index in [1.807, 2.05) is 13.1 Å². The molecule has 4 atom stereocenters. The van der Waals surface area contributed by atoms with Crippen LogP contribution < -0.4 is 0 Å². The number of hydrogen-bond acceptors (Lipinski definition) is 7. The van der Waals surface area contributed by atoms with Crippen molar-refractivity contribution in [2.75, 3.05) is 13.2 Å². The Morgan fingerprint density at radius 3 is 2.73 bits per heavy atom. The molecule has 1 unspecified atom stereocenters. The first kappa shape index (κ1) is 24.6. The van der Waals surface area contributed by atoms with Crippen LogP contribution in [0.5, 0.6) is 0 Å². The molecule has 2 aliphatic rings. The van der Waals surface area contributed by atoms with Gasteiger partial charge in [-0.05, 0) is 39.7 Å². The lowest BCUT2D eigenvalue weighted by atomic mass is 9.81. The zero-order chi connectivity index (χ0) is 24.2. The average molecular weight is 490 g/mol. The Kier molecular flexibility index (Phi) is 6.43. The van der Waals surface area contributed by atoms with Crippen molar-refractivity contribution in [3.63, 3.8) is 0 Å². The summed E-state index contributed by atoms with van der Waals surface area (Å²) >= 11 is 0.684. The molecule has 1 spiro atoms. The van der Waals surface area contributed by atoms with Crippen LogP contribution in [0.2, 0.25) is 0 Å². The van der Waals surface area contributed by atoms with E-state index >= 15 is 0 Å².